The largest absolute Gasteiger partial charge is 0.495 e. The summed E-state index contributed by atoms with van der Waals surface area (Å²) >= 11 is 5.36. The van der Waals surface area contributed by atoms with E-state index in [0.717, 1.165) is 17.0 Å². The number of ether oxygens (including phenoxy) is 1. The zero-order valence-electron chi connectivity index (χ0n) is 15.0. The van der Waals surface area contributed by atoms with Gasteiger partial charge in [-0.3, -0.25) is 5.32 Å². The van der Waals surface area contributed by atoms with Crippen LogP contribution in [-0.2, 0) is 6.54 Å². The van der Waals surface area contributed by atoms with Crippen molar-refractivity contribution in [1.82, 2.24) is 14.8 Å². The lowest BCUT2D eigenvalue weighted by Crippen LogP contribution is -2.20. The van der Waals surface area contributed by atoms with Crippen LogP contribution in [0.1, 0.15) is 16.7 Å². The van der Waals surface area contributed by atoms with E-state index in [2.05, 4.69) is 39.8 Å². The highest BCUT2D eigenvalue weighted by atomic mass is 32.1. The number of aromatic nitrogens is 3. The van der Waals surface area contributed by atoms with E-state index in [4.69, 9.17) is 17.0 Å². The SMILES string of the molecule is COc1ccc(C)cc1NC(=S)Nc1ncn(Cc2ccccc2C)n1. The van der Waals surface area contributed by atoms with Crippen LogP contribution in [0.4, 0.5) is 11.6 Å². The summed E-state index contributed by atoms with van der Waals surface area (Å²) in [6.07, 6.45) is 1.69. The van der Waals surface area contributed by atoms with E-state index in [1.165, 1.54) is 11.1 Å². The van der Waals surface area contributed by atoms with E-state index >= 15 is 0 Å². The molecule has 1 heterocycles. The molecule has 7 heteroatoms. The molecule has 6 nitrogen and oxygen atoms in total. The Balaban J connectivity index is 1.65. The number of anilines is 2. The summed E-state index contributed by atoms with van der Waals surface area (Å²) in [5, 5.41) is 11.0. The molecule has 2 aromatic carbocycles. The number of nitrogens with zero attached hydrogens (tertiary/aromatic N) is 3. The molecular formula is C19H21N5OS. The minimum absolute atomic E-state index is 0.405. The van der Waals surface area contributed by atoms with Crippen molar-refractivity contribution in [1.29, 1.82) is 0 Å². The predicted octanol–water partition coefficient (Wildman–Crippen LogP) is 3.76. The van der Waals surface area contributed by atoms with Gasteiger partial charge in [0, 0.05) is 0 Å². The zero-order chi connectivity index (χ0) is 18.5. The zero-order valence-corrected chi connectivity index (χ0v) is 15.8. The van der Waals surface area contributed by atoms with Gasteiger partial charge in [-0.2, -0.15) is 0 Å². The van der Waals surface area contributed by atoms with Crippen LogP contribution in [-0.4, -0.2) is 27.0 Å². The summed E-state index contributed by atoms with van der Waals surface area (Å²) in [5.74, 6) is 1.17. The molecule has 0 atom stereocenters. The number of hydrogen-bond donors (Lipinski definition) is 2. The van der Waals surface area contributed by atoms with Crippen LogP contribution < -0.4 is 15.4 Å². The molecule has 2 N–H and O–H groups in total. The summed E-state index contributed by atoms with van der Waals surface area (Å²) in [4.78, 5) is 4.27. The molecule has 3 rings (SSSR count). The Morgan fingerprint density at radius 1 is 1.15 bits per heavy atom. The maximum Gasteiger partial charge on any atom is 0.248 e. The highest BCUT2D eigenvalue weighted by Crippen LogP contribution is 2.25. The topological polar surface area (TPSA) is 64.0 Å². The minimum atomic E-state index is 0.405. The van der Waals surface area contributed by atoms with E-state index < -0.39 is 0 Å². The molecule has 26 heavy (non-hydrogen) atoms. The first-order chi connectivity index (χ1) is 12.5. The van der Waals surface area contributed by atoms with Crippen LogP contribution >= 0.6 is 12.2 Å². The maximum absolute atomic E-state index is 5.36. The number of methoxy groups -OCH3 is 1. The lowest BCUT2D eigenvalue weighted by molar-refractivity contribution is 0.417. The second-order valence-electron chi connectivity index (χ2n) is 5.98. The van der Waals surface area contributed by atoms with Crippen molar-refractivity contribution in [3.05, 3.63) is 65.5 Å². The quantitative estimate of drug-likeness (QED) is 0.670. The molecular weight excluding hydrogens is 346 g/mol. The Morgan fingerprint density at radius 3 is 2.73 bits per heavy atom. The Bertz CT molecular complexity index is 922. The van der Waals surface area contributed by atoms with Crippen molar-refractivity contribution in [2.45, 2.75) is 20.4 Å². The molecule has 0 saturated carbocycles. The summed E-state index contributed by atoms with van der Waals surface area (Å²) in [6.45, 7) is 4.75. The molecule has 0 saturated heterocycles. The second kappa shape index (κ2) is 7.97. The van der Waals surface area contributed by atoms with Gasteiger partial charge in [0.05, 0.1) is 19.3 Å². The van der Waals surface area contributed by atoms with E-state index in [-0.39, 0.29) is 0 Å². The monoisotopic (exact) mass is 367 g/mol. The lowest BCUT2D eigenvalue weighted by atomic mass is 10.1. The molecule has 0 radical (unpaired) electrons. The molecule has 3 aromatic rings. The molecule has 1 aromatic heterocycles. The van der Waals surface area contributed by atoms with Gasteiger partial charge in [-0.1, -0.05) is 30.3 Å². The van der Waals surface area contributed by atoms with Crippen LogP contribution in [0.3, 0.4) is 0 Å². The molecule has 0 spiro atoms. The molecule has 0 unspecified atom stereocenters. The third kappa shape index (κ3) is 4.37. The predicted molar refractivity (Wildman–Crippen MR) is 108 cm³/mol. The molecule has 0 amide bonds. The second-order valence-corrected chi connectivity index (χ2v) is 6.38. The van der Waals surface area contributed by atoms with Crippen molar-refractivity contribution in [3.63, 3.8) is 0 Å². The average Bonchev–Trinajstić information content (AvgIpc) is 3.04. The fraction of sp³-hybridized carbons (Fsp3) is 0.211. The number of benzene rings is 2. The van der Waals surface area contributed by atoms with Gasteiger partial charge in [0.2, 0.25) is 5.95 Å². The molecule has 0 aliphatic heterocycles. The van der Waals surface area contributed by atoms with E-state index in [1.807, 2.05) is 37.3 Å². The van der Waals surface area contributed by atoms with Crippen molar-refractivity contribution in [2.24, 2.45) is 0 Å². The lowest BCUT2D eigenvalue weighted by Gasteiger charge is -2.12. The number of rotatable bonds is 5. The summed E-state index contributed by atoms with van der Waals surface area (Å²) in [6, 6.07) is 14.1. The Kier molecular flexibility index (Phi) is 5.48. The normalized spacial score (nSPS) is 10.4. The number of hydrogen-bond acceptors (Lipinski definition) is 4. The number of thiocarbonyl (C=S) groups is 1. The molecule has 0 aliphatic rings. The maximum atomic E-state index is 5.36. The van der Waals surface area contributed by atoms with Crippen molar-refractivity contribution in [3.8, 4) is 5.75 Å². The van der Waals surface area contributed by atoms with Crippen LogP contribution in [0.25, 0.3) is 0 Å². The number of nitrogens with one attached hydrogen (secondary N) is 2. The van der Waals surface area contributed by atoms with Crippen LogP contribution in [0.15, 0.2) is 48.8 Å². The summed E-state index contributed by atoms with van der Waals surface area (Å²) in [7, 11) is 1.63. The van der Waals surface area contributed by atoms with Gasteiger partial charge in [0.1, 0.15) is 12.1 Å². The Labute approximate surface area is 158 Å². The minimum Gasteiger partial charge on any atom is -0.495 e. The molecule has 0 bridgehead atoms. The molecule has 134 valence electrons. The van der Waals surface area contributed by atoms with Gasteiger partial charge in [0.25, 0.3) is 0 Å². The van der Waals surface area contributed by atoms with Gasteiger partial charge in [-0.05, 0) is 54.9 Å². The Morgan fingerprint density at radius 2 is 1.96 bits per heavy atom. The standard InChI is InChI=1S/C19H21N5OS/c1-13-8-9-17(25-3)16(10-13)21-19(26)22-18-20-12-24(23-18)11-15-7-5-4-6-14(15)2/h4-10,12H,11H2,1-3H3,(H2,21,22,23,26). The summed E-state index contributed by atoms with van der Waals surface area (Å²) in [5.41, 5.74) is 4.33. The van der Waals surface area contributed by atoms with Crippen LogP contribution in [0, 0.1) is 13.8 Å². The fourth-order valence-electron chi connectivity index (χ4n) is 2.56. The van der Waals surface area contributed by atoms with E-state index in [9.17, 15) is 0 Å². The van der Waals surface area contributed by atoms with E-state index in [0.29, 0.717) is 17.6 Å². The van der Waals surface area contributed by atoms with Crippen LogP contribution in [0.5, 0.6) is 5.75 Å². The average molecular weight is 367 g/mol. The first-order valence-corrected chi connectivity index (χ1v) is 8.62. The van der Waals surface area contributed by atoms with Gasteiger partial charge in [-0.15, -0.1) is 5.10 Å². The molecule has 0 fully saturated rings. The molecule has 0 aliphatic carbocycles. The van der Waals surface area contributed by atoms with E-state index in [1.54, 1.807) is 18.1 Å². The first-order valence-electron chi connectivity index (χ1n) is 8.22. The van der Waals surface area contributed by atoms with Crippen LogP contribution in [0.2, 0.25) is 0 Å². The summed E-state index contributed by atoms with van der Waals surface area (Å²) < 4.78 is 7.13. The van der Waals surface area contributed by atoms with Gasteiger partial charge >= 0.3 is 0 Å². The van der Waals surface area contributed by atoms with Gasteiger partial charge < -0.3 is 10.1 Å². The third-order valence-electron chi connectivity index (χ3n) is 3.96. The van der Waals surface area contributed by atoms with Gasteiger partial charge in [-0.25, -0.2) is 9.67 Å². The smallest absolute Gasteiger partial charge is 0.248 e. The Hall–Kier alpha value is -2.93. The fourth-order valence-corrected chi connectivity index (χ4v) is 2.77. The van der Waals surface area contributed by atoms with Crippen molar-refractivity contribution in [2.75, 3.05) is 17.7 Å². The first kappa shape index (κ1) is 17.9. The highest BCUT2D eigenvalue weighted by molar-refractivity contribution is 7.80. The highest BCUT2D eigenvalue weighted by Gasteiger charge is 2.08. The van der Waals surface area contributed by atoms with Gasteiger partial charge in [0.15, 0.2) is 5.11 Å². The number of aryl methyl sites for hydroxylation is 2. The van der Waals surface area contributed by atoms with Crippen molar-refractivity contribution < 1.29 is 4.74 Å². The van der Waals surface area contributed by atoms with Crippen molar-refractivity contribution >= 4 is 29.0 Å². The third-order valence-corrected chi connectivity index (χ3v) is 4.16.